The summed E-state index contributed by atoms with van der Waals surface area (Å²) in [5.41, 5.74) is 7.60. The summed E-state index contributed by atoms with van der Waals surface area (Å²) in [7, 11) is 2.00. The van der Waals surface area contributed by atoms with Gasteiger partial charge in [-0.25, -0.2) is 0 Å². The number of para-hydroxylation sites is 1. The second-order valence-corrected chi connectivity index (χ2v) is 5.12. The summed E-state index contributed by atoms with van der Waals surface area (Å²) in [6, 6.07) is 12.2. The van der Waals surface area contributed by atoms with E-state index >= 15 is 0 Å². The SMILES string of the molecule is CC(CN(C)Cc1ccc2ccccc2n1)C(N)=NO. The highest BCUT2D eigenvalue weighted by molar-refractivity contribution is 5.82. The van der Waals surface area contributed by atoms with Crippen molar-refractivity contribution < 1.29 is 5.21 Å². The minimum absolute atomic E-state index is 0.00505. The molecule has 0 aliphatic carbocycles. The van der Waals surface area contributed by atoms with Crippen LogP contribution >= 0.6 is 0 Å². The quantitative estimate of drug-likeness (QED) is 0.378. The van der Waals surface area contributed by atoms with Gasteiger partial charge < -0.3 is 10.9 Å². The Bertz CT molecular complexity index is 612. The monoisotopic (exact) mass is 272 g/mol. The molecule has 0 fully saturated rings. The Morgan fingerprint density at radius 2 is 2.10 bits per heavy atom. The highest BCUT2D eigenvalue weighted by Gasteiger charge is 2.11. The van der Waals surface area contributed by atoms with Crippen LogP contribution in [0.15, 0.2) is 41.6 Å². The zero-order valence-electron chi connectivity index (χ0n) is 11.8. The van der Waals surface area contributed by atoms with Crippen molar-refractivity contribution in [3.8, 4) is 0 Å². The smallest absolute Gasteiger partial charge is 0.143 e. The van der Waals surface area contributed by atoms with Crippen molar-refractivity contribution in [1.82, 2.24) is 9.88 Å². The number of rotatable bonds is 5. The van der Waals surface area contributed by atoms with E-state index in [0.29, 0.717) is 6.54 Å². The van der Waals surface area contributed by atoms with Crippen LogP contribution in [0, 0.1) is 5.92 Å². The van der Waals surface area contributed by atoms with E-state index in [1.165, 1.54) is 0 Å². The number of aromatic nitrogens is 1. The predicted octanol–water partition coefficient (Wildman–Crippen LogP) is 2.05. The molecule has 0 spiro atoms. The minimum atomic E-state index is 0.00505. The molecule has 1 heterocycles. The first kappa shape index (κ1) is 14.3. The van der Waals surface area contributed by atoms with Crippen LogP contribution in [0.4, 0.5) is 0 Å². The lowest BCUT2D eigenvalue weighted by molar-refractivity contribution is 0.289. The van der Waals surface area contributed by atoms with Crippen molar-refractivity contribution in [3.63, 3.8) is 0 Å². The maximum atomic E-state index is 8.66. The van der Waals surface area contributed by atoms with Crippen LogP contribution in [0.25, 0.3) is 10.9 Å². The largest absolute Gasteiger partial charge is 0.409 e. The number of pyridine rings is 1. The molecule has 2 rings (SSSR count). The molecule has 1 aromatic heterocycles. The summed E-state index contributed by atoms with van der Waals surface area (Å²) >= 11 is 0. The number of hydrogen-bond donors (Lipinski definition) is 2. The minimum Gasteiger partial charge on any atom is -0.409 e. The van der Waals surface area contributed by atoms with Crippen LogP contribution in [-0.4, -0.2) is 34.5 Å². The lowest BCUT2D eigenvalue weighted by Gasteiger charge is -2.20. The molecule has 0 saturated carbocycles. The van der Waals surface area contributed by atoms with Gasteiger partial charge in [0.25, 0.3) is 0 Å². The van der Waals surface area contributed by atoms with Gasteiger partial charge in [0.1, 0.15) is 5.84 Å². The lowest BCUT2D eigenvalue weighted by atomic mass is 10.1. The Hall–Kier alpha value is -2.14. The van der Waals surface area contributed by atoms with Crippen molar-refractivity contribution >= 4 is 16.7 Å². The van der Waals surface area contributed by atoms with Crippen LogP contribution in [0.1, 0.15) is 12.6 Å². The van der Waals surface area contributed by atoms with Gasteiger partial charge in [-0.3, -0.25) is 9.88 Å². The normalized spacial score (nSPS) is 13.8. The molecule has 106 valence electrons. The first-order valence-corrected chi connectivity index (χ1v) is 6.61. The average molecular weight is 272 g/mol. The van der Waals surface area contributed by atoms with Crippen molar-refractivity contribution in [1.29, 1.82) is 0 Å². The second-order valence-electron chi connectivity index (χ2n) is 5.12. The molecule has 0 bridgehead atoms. The summed E-state index contributed by atoms with van der Waals surface area (Å²) in [5, 5.41) is 12.8. The van der Waals surface area contributed by atoms with E-state index in [4.69, 9.17) is 10.9 Å². The molecule has 2 aromatic rings. The van der Waals surface area contributed by atoms with Crippen molar-refractivity contribution in [2.75, 3.05) is 13.6 Å². The van der Waals surface area contributed by atoms with Gasteiger partial charge >= 0.3 is 0 Å². The van der Waals surface area contributed by atoms with E-state index in [2.05, 4.69) is 27.2 Å². The van der Waals surface area contributed by atoms with E-state index in [1.54, 1.807) is 0 Å². The fraction of sp³-hybridized carbons (Fsp3) is 0.333. The third-order valence-corrected chi connectivity index (χ3v) is 3.29. The maximum absolute atomic E-state index is 8.66. The van der Waals surface area contributed by atoms with E-state index in [0.717, 1.165) is 23.1 Å². The molecule has 1 unspecified atom stereocenters. The number of fused-ring (bicyclic) bond motifs is 1. The summed E-state index contributed by atoms with van der Waals surface area (Å²) in [4.78, 5) is 6.75. The Kier molecular flexibility index (Phi) is 4.53. The molecule has 5 nitrogen and oxygen atoms in total. The number of nitrogens with zero attached hydrogens (tertiary/aromatic N) is 3. The lowest BCUT2D eigenvalue weighted by Crippen LogP contribution is -2.32. The van der Waals surface area contributed by atoms with Gasteiger partial charge in [-0.1, -0.05) is 36.3 Å². The molecule has 0 radical (unpaired) electrons. The molecule has 0 aliphatic heterocycles. The zero-order valence-corrected chi connectivity index (χ0v) is 11.8. The van der Waals surface area contributed by atoms with Gasteiger partial charge in [-0.05, 0) is 19.2 Å². The molecule has 5 heteroatoms. The Labute approximate surface area is 118 Å². The first-order valence-electron chi connectivity index (χ1n) is 6.61. The standard InChI is InChI=1S/C15H20N4O/c1-11(15(16)18-20)9-19(2)10-13-8-7-12-5-3-4-6-14(12)17-13/h3-8,11,20H,9-10H2,1-2H3,(H2,16,18). The highest BCUT2D eigenvalue weighted by Crippen LogP contribution is 2.13. The maximum Gasteiger partial charge on any atom is 0.143 e. The molecule has 20 heavy (non-hydrogen) atoms. The van der Waals surface area contributed by atoms with Crippen LogP contribution in [0.3, 0.4) is 0 Å². The van der Waals surface area contributed by atoms with E-state index in [-0.39, 0.29) is 11.8 Å². The fourth-order valence-corrected chi connectivity index (χ4v) is 2.20. The number of oxime groups is 1. The second kappa shape index (κ2) is 6.34. The van der Waals surface area contributed by atoms with Crippen molar-refractivity contribution in [2.24, 2.45) is 16.8 Å². The molecule has 0 saturated heterocycles. The summed E-state index contributed by atoms with van der Waals surface area (Å²) in [6.07, 6.45) is 0. The Morgan fingerprint density at radius 3 is 2.85 bits per heavy atom. The summed E-state index contributed by atoms with van der Waals surface area (Å²) in [6.45, 7) is 3.37. The van der Waals surface area contributed by atoms with Crippen LogP contribution in [0.2, 0.25) is 0 Å². The molecule has 0 aliphatic rings. The summed E-state index contributed by atoms with van der Waals surface area (Å²) in [5.74, 6) is 0.258. The number of amidine groups is 1. The van der Waals surface area contributed by atoms with Crippen LogP contribution < -0.4 is 5.73 Å². The first-order chi connectivity index (χ1) is 9.60. The predicted molar refractivity (Wildman–Crippen MR) is 80.6 cm³/mol. The van der Waals surface area contributed by atoms with Gasteiger partial charge in [0.15, 0.2) is 0 Å². The zero-order chi connectivity index (χ0) is 14.5. The van der Waals surface area contributed by atoms with E-state index in [9.17, 15) is 0 Å². The van der Waals surface area contributed by atoms with Gasteiger partial charge in [-0.15, -0.1) is 0 Å². The van der Waals surface area contributed by atoms with Crippen molar-refractivity contribution in [2.45, 2.75) is 13.5 Å². The third kappa shape index (κ3) is 3.45. The highest BCUT2D eigenvalue weighted by atomic mass is 16.4. The van der Waals surface area contributed by atoms with Gasteiger partial charge in [-0.2, -0.15) is 0 Å². The topological polar surface area (TPSA) is 74.7 Å². The molecular weight excluding hydrogens is 252 g/mol. The van der Waals surface area contributed by atoms with Gasteiger partial charge in [0.05, 0.1) is 11.2 Å². The van der Waals surface area contributed by atoms with Crippen LogP contribution in [-0.2, 0) is 6.54 Å². The molecular formula is C15H20N4O. The molecule has 3 N–H and O–H groups in total. The van der Waals surface area contributed by atoms with Gasteiger partial charge in [0, 0.05) is 24.4 Å². The Balaban J connectivity index is 2.04. The third-order valence-electron chi connectivity index (χ3n) is 3.29. The van der Waals surface area contributed by atoms with E-state index < -0.39 is 0 Å². The molecule has 1 atom stereocenters. The summed E-state index contributed by atoms with van der Waals surface area (Å²) < 4.78 is 0. The number of nitrogens with two attached hydrogens (primary N) is 1. The van der Waals surface area contributed by atoms with E-state index in [1.807, 2.05) is 38.2 Å². The van der Waals surface area contributed by atoms with Crippen molar-refractivity contribution in [3.05, 3.63) is 42.1 Å². The molecule has 0 amide bonds. The van der Waals surface area contributed by atoms with Crippen LogP contribution in [0.5, 0.6) is 0 Å². The van der Waals surface area contributed by atoms with Gasteiger partial charge in [0.2, 0.25) is 0 Å². The molecule has 1 aromatic carbocycles. The number of benzene rings is 1. The number of hydrogen-bond acceptors (Lipinski definition) is 4. The fourth-order valence-electron chi connectivity index (χ4n) is 2.20. The Morgan fingerprint density at radius 1 is 1.35 bits per heavy atom. The average Bonchev–Trinajstić information content (AvgIpc) is 2.46.